The fraction of sp³-hybridized carbons (Fsp3) is 0.103. The minimum atomic E-state index is -0.297. The van der Waals surface area contributed by atoms with Gasteiger partial charge in [-0.25, -0.2) is 0 Å². The van der Waals surface area contributed by atoms with Crippen molar-refractivity contribution in [1.82, 2.24) is 0 Å². The van der Waals surface area contributed by atoms with Gasteiger partial charge >= 0.3 is 0 Å². The molecule has 0 radical (unpaired) electrons. The van der Waals surface area contributed by atoms with Crippen LogP contribution in [0.2, 0.25) is 0 Å². The molecule has 0 fully saturated rings. The third kappa shape index (κ3) is 5.31. The van der Waals surface area contributed by atoms with E-state index in [9.17, 15) is 9.59 Å². The number of hydrogen-bond donors (Lipinski definition) is 3. The SMILES string of the molecule is Cc1ccc(C(=O)Nc2ccc(Nc3ccccc3)cc2)cc1NC(=O)c1ccc2c(c1)OCCO2. The molecule has 1 aliphatic heterocycles. The van der Waals surface area contributed by atoms with E-state index in [1.54, 1.807) is 36.4 Å². The van der Waals surface area contributed by atoms with Crippen LogP contribution >= 0.6 is 0 Å². The summed E-state index contributed by atoms with van der Waals surface area (Å²) in [5.74, 6) is 0.600. The summed E-state index contributed by atoms with van der Waals surface area (Å²) in [6, 6.07) is 27.6. The predicted octanol–water partition coefficient (Wildman–Crippen LogP) is 6.01. The number of hydrogen-bond acceptors (Lipinski definition) is 5. The first-order chi connectivity index (χ1) is 17.5. The number of nitrogens with one attached hydrogen (secondary N) is 3. The number of ether oxygens (including phenoxy) is 2. The number of para-hydroxylation sites is 1. The maximum atomic E-state index is 12.9. The van der Waals surface area contributed by atoms with Crippen LogP contribution in [0.5, 0.6) is 11.5 Å². The first-order valence-electron chi connectivity index (χ1n) is 11.6. The average molecular weight is 480 g/mol. The second kappa shape index (κ2) is 10.2. The number of amides is 2. The van der Waals surface area contributed by atoms with Crippen LogP contribution < -0.4 is 25.4 Å². The lowest BCUT2D eigenvalue weighted by Crippen LogP contribution is -2.18. The molecule has 2 amide bonds. The van der Waals surface area contributed by atoms with Gasteiger partial charge in [-0.1, -0.05) is 24.3 Å². The smallest absolute Gasteiger partial charge is 0.255 e. The van der Waals surface area contributed by atoms with Crippen LogP contribution in [0.1, 0.15) is 26.3 Å². The van der Waals surface area contributed by atoms with Crippen LogP contribution in [0.3, 0.4) is 0 Å². The second-order valence-corrected chi connectivity index (χ2v) is 8.36. The number of benzene rings is 4. The van der Waals surface area contributed by atoms with E-state index in [1.165, 1.54) is 0 Å². The third-order valence-electron chi connectivity index (χ3n) is 5.76. The summed E-state index contributed by atoms with van der Waals surface area (Å²) < 4.78 is 11.1. The van der Waals surface area contributed by atoms with Crippen molar-refractivity contribution in [3.05, 3.63) is 108 Å². The molecule has 7 heteroatoms. The van der Waals surface area contributed by atoms with E-state index in [4.69, 9.17) is 9.47 Å². The molecule has 0 bridgehead atoms. The van der Waals surface area contributed by atoms with Crippen LogP contribution in [0.4, 0.5) is 22.7 Å². The first-order valence-corrected chi connectivity index (χ1v) is 11.6. The average Bonchev–Trinajstić information content (AvgIpc) is 2.91. The van der Waals surface area contributed by atoms with E-state index in [2.05, 4.69) is 16.0 Å². The highest BCUT2D eigenvalue weighted by molar-refractivity contribution is 6.08. The molecule has 0 aromatic heterocycles. The summed E-state index contributed by atoms with van der Waals surface area (Å²) in [5, 5.41) is 9.12. The molecule has 0 aliphatic carbocycles. The molecular weight excluding hydrogens is 454 g/mol. The standard InChI is InChI=1S/C29H25N3O4/c1-19-7-8-20(17-25(19)32-29(34)21-9-14-26-27(18-21)36-16-15-35-26)28(33)31-24-12-10-23(11-13-24)30-22-5-3-2-4-6-22/h2-14,17-18,30H,15-16H2,1H3,(H,31,33)(H,32,34). The van der Waals surface area contributed by atoms with E-state index in [0.29, 0.717) is 47.2 Å². The molecule has 180 valence electrons. The quantitative estimate of drug-likeness (QED) is 0.315. The Kier molecular flexibility index (Phi) is 6.53. The molecule has 0 unspecified atom stereocenters. The lowest BCUT2D eigenvalue weighted by atomic mass is 10.1. The number of carbonyl (C=O) groups excluding carboxylic acids is 2. The molecule has 0 spiro atoms. The van der Waals surface area contributed by atoms with Gasteiger partial charge in [-0.15, -0.1) is 0 Å². The van der Waals surface area contributed by atoms with Crippen LogP contribution in [0.25, 0.3) is 0 Å². The Morgan fingerprint density at radius 3 is 2.03 bits per heavy atom. The van der Waals surface area contributed by atoms with Gasteiger partial charge in [0, 0.05) is 33.9 Å². The topological polar surface area (TPSA) is 88.7 Å². The Hall–Kier alpha value is -4.78. The van der Waals surface area contributed by atoms with E-state index in [1.807, 2.05) is 61.5 Å². The molecule has 4 aromatic carbocycles. The Morgan fingerprint density at radius 1 is 0.639 bits per heavy atom. The minimum Gasteiger partial charge on any atom is -0.486 e. The van der Waals surface area contributed by atoms with Gasteiger partial charge in [-0.2, -0.15) is 0 Å². The van der Waals surface area contributed by atoms with Crippen molar-refractivity contribution < 1.29 is 19.1 Å². The Balaban J connectivity index is 1.25. The lowest BCUT2D eigenvalue weighted by molar-refractivity contribution is 0.101. The highest BCUT2D eigenvalue weighted by atomic mass is 16.6. The van der Waals surface area contributed by atoms with Crippen LogP contribution in [0, 0.1) is 6.92 Å². The van der Waals surface area contributed by atoms with Gasteiger partial charge in [0.15, 0.2) is 11.5 Å². The molecule has 1 aliphatic rings. The first kappa shape index (κ1) is 23.0. The maximum absolute atomic E-state index is 12.9. The monoisotopic (exact) mass is 479 g/mol. The summed E-state index contributed by atoms with van der Waals surface area (Å²) in [7, 11) is 0. The zero-order valence-electron chi connectivity index (χ0n) is 19.7. The molecule has 0 saturated carbocycles. The molecule has 0 saturated heterocycles. The fourth-order valence-corrected chi connectivity index (χ4v) is 3.81. The zero-order chi connectivity index (χ0) is 24.9. The van der Waals surface area contributed by atoms with E-state index in [0.717, 1.165) is 16.9 Å². The van der Waals surface area contributed by atoms with Crippen LogP contribution in [0.15, 0.2) is 91.0 Å². The van der Waals surface area contributed by atoms with Gasteiger partial charge in [0.2, 0.25) is 0 Å². The molecule has 3 N–H and O–H groups in total. The number of aryl methyl sites for hydroxylation is 1. The van der Waals surface area contributed by atoms with Crippen molar-refractivity contribution >= 4 is 34.6 Å². The summed E-state index contributed by atoms with van der Waals surface area (Å²) >= 11 is 0. The summed E-state index contributed by atoms with van der Waals surface area (Å²) in [6.07, 6.45) is 0. The molecular formula is C29H25N3O4. The van der Waals surface area contributed by atoms with Crippen molar-refractivity contribution in [2.75, 3.05) is 29.2 Å². The molecule has 0 atom stereocenters. The summed E-state index contributed by atoms with van der Waals surface area (Å²) in [4.78, 5) is 25.8. The lowest BCUT2D eigenvalue weighted by Gasteiger charge is -2.19. The number of carbonyl (C=O) groups is 2. The van der Waals surface area contributed by atoms with Gasteiger partial charge in [0.1, 0.15) is 13.2 Å². The normalized spacial score (nSPS) is 11.9. The largest absolute Gasteiger partial charge is 0.486 e. The van der Waals surface area contributed by atoms with E-state index < -0.39 is 0 Å². The fourth-order valence-electron chi connectivity index (χ4n) is 3.81. The van der Waals surface area contributed by atoms with Crippen molar-refractivity contribution in [3.8, 4) is 11.5 Å². The molecule has 4 aromatic rings. The van der Waals surface area contributed by atoms with Gasteiger partial charge < -0.3 is 25.4 Å². The van der Waals surface area contributed by atoms with Gasteiger partial charge in [0.05, 0.1) is 0 Å². The number of rotatable bonds is 6. The number of anilines is 4. The third-order valence-corrected chi connectivity index (χ3v) is 5.76. The van der Waals surface area contributed by atoms with Crippen molar-refractivity contribution in [1.29, 1.82) is 0 Å². The van der Waals surface area contributed by atoms with Crippen molar-refractivity contribution in [3.63, 3.8) is 0 Å². The van der Waals surface area contributed by atoms with Gasteiger partial charge in [-0.05, 0) is 79.2 Å². The minimum absolute atomic E-state index is 0.270. The van der Waals surface area contributed by atoms with Gasteiger partial charge in [-0.3, -0.25) is 9.59 Å². The van der Waals surface area contributed by atoms with Gasteiger partial charge in [0.25, 0.3) is 11.8 Å². The summed E-state index contributed by atoms with van der Waals surface area (Å²) in [6.45, 7) is 2.81. The Morgan fingerprint density at radius 2 is 1.25 bits per heavy atom. The zero-order valence-corrected chi connectivity index (χ0v) is 19.7. The Labute approximate surface area is 209 Å². The van der Waals surface area contributed by atoms with Crippen molar-refractivity contribution in [2.24, 2.45) is 0 Å². The highest BCUT2D eigenvalue weighted by Gasteiger charge is 2.16. The molecule has 36 heavy (non-hydrogen) atoms. The van der Waals surface area contributed by atoms with E-state index >= 15 is 0 Å². The van der Waals surface area contributed by atoms with Crippen LogP contribution in [-0.2, 0) is 0 Å². The number of fused-ring (bicyclic) bond motifs is 1. The van der Waals surface area contributed by atoms with E-state index in [-0.39, 0.29) is 11.8 Å². The summed E-state index contributed by atoms with van der Waals surface area (Å²) in [5.41, 5.74) is 4.85. The molecule has 7 nitrogen and oxygen atoms in total. The van der Waals surface area contributed by atoms with Crippen LogP contribution in [-0.4, -0.2) is 25.0 Å². The molecule has 5 rings (SSSR count). The van der Waals surface area contributed by atoms with Crippen molar-refractivity contribution in [2.45, 2.75) is 6.92 Å². The molecule has 1 heterocycles. The highest BCUT2D eigenvalue weighted by Crippen LogP contribution is 2.31. The maximum Gasteiger partial charge on any atom is 0.255 e. The second-order valence-electron chi connectivity index (χ2n) is 8.36. The predicted molar refractivity (Wildman–Crippen MR) is 141 cm³/mol. The Bertz CT molecular complexity index is 1400.